The largest absolute Gasteiger partial charge is 0.369 e. The molecule has 9 heteroatoms. The standard InChI is InChI=1S/C18H17FN6O2/c19-11-6-8-13(9-7-11)21-15(26)10-14-16(27)24-18(23-14)25-17(20)22-12-4-2-1-3-5-12/h1-9,14H,10H2,(H,21,26)(H4,20,22,23,24,25,27)/t14-/m1/s1. The zero-order valence-corrected chi connectivity index (χ0v) is 14.1. The number of hydrogen-bond donors (Lipinski definition) is 4. The molecule has 0 spiro atoms. The first-order chi connectivity index (χ1) is 13.0. The fourth-order valence-corrected chi connectivity index (χ4v) is 2.36. The summed E-state index contributed by atoms with van der Waals surface area (Å²) in [4.78, 5) is 32.1. The maximum absolute atomic E-state index is 12.9. The summed E-state index contributed by atoms with van der Waals surface area (Å²) in [6.07, 6.45) is -0.172. The molecule has 0 aromatic heterocycles. The van der Waals surface area contributed by atoms with Crippen LogP contribution in [0.4, 0.5) is 15.8 Å². The molecule has 138 valence electrons. The first kappa shape index (κ1) is 18.1. The molecule has 2 amide bonds. The van der Waals surface area contributed by atoms with E-state index in [2.05, 4.69) is 25.9 Å². The van der Waals surface area contributed by atoms with Gasteiger partial charge >= 0.3 is 0 Å². The summed E-state index contributed by atoms with van der Waals surface area (Å²) in [5.74, 6) is -1.20. The van der Waals surface area contributed by atoms with E-state index in [0.717, 1.165) is 5.69 Å². The number of hydrogen-bond acceptors (Lipinski definition) is 4. The van der Waals surface area contributed by atoms with Crippen LogP contribution in [0.2, 0.25) is 0 Å². The van der Waals surface area contributed by atoms with Gasteiger partial charge in [-0.3, -0.25) is 14.9 Å². The smallest absolute Gasteiger partial charge is 0.252 e. The van der Waals surface area contributed by atoms with Gasteiger partial charge in [0.05, 0.1) is 6.42 Å². The van der Waals surface area contributed by atoms with Gasteiger partial charge in [0, 0.05) is 11.4 Å². The van der Waals surface area contributed by atoms with E-state index >= 15 is 0 Å². The van der Waals surface area contributed by atoms with E-state index in [-0.39, 0.29) is 18.3 Å². The Hall–Kier alpha value is -3.75. The number of nitrogens with two attached hydrogens (primary N) is 1. The number of amides is 2. The fourth-order valence-electron chi connectivity index (χ4n) is 2.36. The molecule has 2 aromatic carbocycles. The van der Waals surface area contributed by atoms with Gasteiger partial charge in [-0.25, -0.2) is 9.38 Å². The van der Waals surface area contributed by atoms with Crippen molar-refractivity contribution in [2.45, 2.75) is 12.5 Å². The Morgan fingerprint density at radius 1 is 1.11 bits per heavy atom. The quantitative estimate of drug-likeness (QED) is 0.482. The molecule has 1 aliphatic heterocycles. The average molecular weight is 368 g/mol. The van der Waals surface area contributed by atoms with E-state index in [9.17, 15) is 14.0 Å². The molecule has 3 rings (SSSR count). The number of nitrogens with zero attached hydrogens (tertiary/aromatic N) is 2. The van der Waals surface area contributed by atoms with Crippen molar-refractivity contribution in [1.29, 1.82) is 0 Å². The molecular weight excluding hydrogens is 351 g/mol. The van der Waals surface area contributed by atoms with Crippen molar-refractivity contribution in [3.63, 3.8) is 0 Å². The molecule has 2 aromatic rings. The SMILES string of the molecule is NC(=NC1=N[C@H](CC(=O)Nc2ccc(F)cc2)C(=O)N1)Nc1ccccc1. The molecule has 1 aliphatic rings. The molecule has 0 saturated heterocycles. The first-order valence-corrected chi connectivity index (χ1v) is 8.10. The number of carbonyl (C=O) groups excluding carboxylic acids is 2. The zero-order valence-electron chi connectivity index (χ0n) is 14.1. The lowest BCUT2D eigenvalue weighted by atomic mass is 10.2. The summed E-state index contributed by atoms with van der Waals surface area (Å²) in [6, 6.07) is 13.5. The maximum atomic E-state index is 12.9. The van der Waals surface area contributed by atoms with Crippen molar-refractivity contribution in [2.75, 3.05) is 10.6 Å². The fraction of sp³-hybridized carbons (Fsp3) is 0.111. The van der Waals surface area contributed by atoms with E-state index in [1.807, 2.05) is 18.2 Å². The van der Waals surface area contributed by atoms with Gasteiger partial charge in [0.25, 0.3) is 5.91 Å². The molecule has 0 bridgehead atoms. The molecule has 8 nitrogen and oxygen atoms in total. The van der Waals surface area contributed by atoms with Crippen LogP contribution in [0.25, 0.3) is 0 Å². The maximum Gasteiger partial charge on any atom is 0.252 e. The molecule has 27 heavy (non-hydrogen) atoms. The van der Waals surface area contributed by atoms with Crippen molar-refractivity contribution < 1.29 is 14.0 Å². The van der Waals surface area contributed by atoms with Crippen molar-refractivity contribution in [3.05, 3.63) is 60.4 Å². The lowest BCUT2D eigenvalue weighted by Gasteiger charge is -2.06. The van der Waals surface area contributed by atoms with Gasteiger partial charge < -0.3 is 16.4 Å². The molecular formula is C18H17FN6O2. The highest BCUT2D eigenvalue weighted by atomic mass is 19.1. The van der Waals surface area contributed by atoms with Gasteiger partial charge in [0.15, 0.2) is 0 Å². The number of halogens is 1. The minimum atomic E-state index is -0.909. The Bertz CT molecular complexity index is 896. The van der Waals surface area contributed by atoms with Crippen molar-refractivity contribution in [3.8, 4) is 0 Å². The average Bonchev–Trinajstić information content (AvgIpc) is 2.96. The third kappa shape index (κ3) is 5.11. The van der Waals surface area contributed by atoms with Crippen LogP contribution in [0, 0.1) is 5.82 Å². The molecule has 0 fully saturated rings. The highest BCUT2D eigenvalue weighted by Gasteiger charge is 2.28. The number of nitrogens with one attached hydrogen (secondary N) is 3. The lowest BCUT2D eigenvalue weighted by molar-refractivity contribution is -0.123. The number of anilines is 2. The summed E-state index contributed by atoms with van der Waals surface area (Å²) in [7, 11) is 0. The van der Waals surface area contributed by atoms with Crippen LogP contribution in [-0.4, -0.2) is 29.8 Å². The van der Waals surface area contributed by atoms with Gasteiger partial charge in [-0.2, -0.15) is 4.99 Å². The van der Waals surface area contributed by atoms with Gasteiger partial charge in [-0.1, -0.05) is 18.2 Å². The molecule has 1 heterocycles. The summed E-state index contributed by atoms with van der Waals surface area (Å²) in [6.45, 7) is 0. The van der Waals surface area contributed by atoms with E-state index in [1.54, 1.807) is 12.1 Å². The lowest BCUT2D eigenvalue weighted by Crippen LogP contribution is -2.32. The second-order valence-corrected chi connectivity index (χ2v) is 5.71. The number of carbonyl (C=O) groups is 2. The van der Waals surface area contributed by atoms with Crippen LogP contribution >= 0.6 is 0 Å². The highest BCUT2D eigenvalue weighted by molar-refractivity contribution is 6.11. The predicted molar refractivity (Wildman–Crippen MR) is 101 cm³/mol. The Morgan fingerprint density at radius 3 is 2.48 bits per heavy atom. The normalized spacial score (nSPS) is 16.5. The second kappa shape index (κ2) is 8.09. The van der Waals surface area contributed by atoms with Crippen molar-refractivity contribution in [1.82, 2.24) is 5.32 Å². The van der Waals surface area contributed by atoms with Gasteiger partial charge in [0.2, 0.25) is 17.8 Å². The molecule has 0 radical (unpaired) electrons. The van der Waals surface area contributed by atoms with Crippen molar-refractivity contribution >= 4 is 35.1 Å². The van der Waals surface area contributed by atoms with Gasteiger partial charge in [-0.05, 0) is 36.4 Å². The van der Waals surface area contributed by atoms with Crippen LogP contribution in [-0.2, 0) is 9.59 Å². The Balaban J connectivity index is 1.59. The summed E-state index contributed by atoms with van der Waals surface area (Å²) < 4.78 is 12.9. The number of guanidine groups is 2. The second-order valence-electron chi connectivity index (χ2n) is 5.71. The van der Waals surface area contributed by atoms with Crippen LogP contribution < -0.4 is 21.7 Å². The molecule has 5 N–H and O–H groups in total. The number of aliphatic imine (C=N–C) groups is 2. The summed E-state index contributed by atoms with van der Waals surface area (Å²) in [5.41, 5.74) is 6.95. The number of benzene rings is 2. The third-order valence-electron chi connectivity index (χ3n) is 3.60. The van der Waals surface area contributed by atoms with Gasteiger partial charge in [-0.15, -0.1) is 0 Å². The van der Waals surface area contributed by atoms with E-state index in [0.29, 0.717) is 5.69 Å². The minimum Gasteiger partial charge on any atom is -0.369 e. The molecule has 1 atom stereocenters. The van der Waals surface area contributed by atoms with E-state index in [1.165, 1.54) is 24.3 Å². The monoisotopic (exact) mass is 368 g/mol. The van der Waals surface area contributed by atoms with E-state index < -0.39 is 23.7 Å². The van der Waals surface area contributed by atoms with Gasteiger partial charge in [0.1, 0.15) is 11.9 Å². The van der Waals surface area contributed by atoms with Crippen LogP contribution in [0.1, 0.15) is 6.42 Å². The summed E-state index contributed by atoms with van der Waals surface area (Å²) >= 11 is 0. The number of rotatable bonds is 4. The Labute approximate surface area is 154 Å². The molecule has 0 aliphatic carbocycles. The van der Waals surface area contributed by atoms with Crippen LogP contribution in [0.5, 0.6) is 0 Å². The van der Waals surface area contributed by atoms with Crippen LogP contribution in [0.15, 0.2) is 64.6 Å². The number of para-hydroxylation sites is 1. The highest BCUT2D eigenvalue weighted by Crippen LogP contribution is 2.12. The zero-order chi connectivity index (χ0) is 19.2. The first-order valence-electron chi connectivity index (χ1n) is 8.10. The van der Waals surface area contributed by atoms with Crippen molar-refractivity contribution in [2.24, 2.45) is 15.7 Å². The van der Waals surface area contributed by atoms with E-state index in [4.69, 9.17) is 5.73 Å². The summed E-state index contributed by atoms with van der Waals surface area (Å²) in [5, 5.41) is 7.91. The molecule has 0 unspecified atom stereocenters. The Kier molecular flexibility index (Phi) is 5.41. The van der Waals surface area contributed by atoms with Crippen LogP contribution in [0.3, 0.4) is 0 Å². The molecule has 0 saturated carbocycles. The topological polar surface area (TPSA) is 121 Å². The Morgan fingerprint density at radius 2 is 1.78 bits per heavy atom. The predicted octanol–water partition coefficient (Wildman–Crippen LogP) is 1.44. The third-order valence-corrected chi connectivity index (χ3v) is 3.60. The minimum absolute atomic E-state index is 0.0283.